The van der Waals surface area contributed by atoms with Crippen LogP contribution in [0, 0.1) is 6.92 Å². The number of ether oxygens (including phenoxy) is 1. The number of nitrogens with zero attached hydrogens (tertiary/aromatic N) is 3. The van der Waals surface area contributed by atoms with Crippen molar-refractivity contribution < 1.29 is 13.2 Å². The molecule has 1 aliphatic heterocycles. The highest BCUT2D eigenvalue weighted by Gasteiger charge is 2.36. The predicted octanol–water partition coefficient (Wildman–Crippen LogP) is 5.98. The fourth-order valence-corrected chi connectivity index (χ4v) is 5.71. The van der Waals surface area contributed by atoms with Crippen LogP contribution in [-0.2, 0) is 10.0 Å². The summed E-state index contributed by atoms with van der Waals surface area (Å²) in [6.45, 7) is 1.93. The monoisotopic (exact) mass is 505 g/mol. The quantitative estimate of drug-likeness (QED) is 0.334. The molecule has 0 radical (unpaired) electrons. The van der Waals surface area contributed by atoms with Gasteiger partial charge < -0.3 is 4.74 Å². The van der Waals surface area contributed by atoms with Crippen molar-refractivity contribution in [1.82, 2.24) is 9.40 Å². The number of methoxy groups -OCH3 is 1. The SMILES string of the molecule is COc1ccc(C2CC(c3c(C)nc4ccc(Cl)cc4c3-c3ccccc3)=NN2S(C)(=O)=O)cc1. The van der Waals surface area contributed by atoms with Gasteiger partial charge in [0.15, 0.2) is 0 Å². The Balaban J connectivity index is 1.73. The minimum atomic E-state index is -3.62. The van der Waals surface area contributed by atoms with Gasteiger partial charge in [-0.2, -0.15) is 9.52 Å². The molecule has 5 rings (SSSR count). The number of hydrogen-bond acceptors (Lipinski definition) is 5. The van der Waals surface area contributed by atoms with Crippen molar-refractivity contribution in [2.24, 2.45) is 5.10 Å². The summed E-state index contributed by atoms with van der Waals surface area (Å²) >= 11 is 6.39. The predicted molar refractivity (Wildman–Crippen MR) is 140 cm³/mol. The number of sulfonamides is 1. The van der Waals surface area contributed by atoms with Crippen LogP contribution >= 0.6 is 11.6 Å². The highest BCUT2D eigenvalue weighted by molar-refractivity contribution is 7.88. The minimum absolute atomic E-state index is 0.411. The number of pyridine rings is 1. The van der Waals surface area contributed by atoms with Gasteiger partial charge in [-0.15, -0.1) is 0 Å². The van der Waals surface area contributed by atoms with E-state index in [9.17, 15) is 8.42 Å². The van der Waals surface area contributed by atoms with E-state index >= 15 is 0 Å². The average Bonchev–Trinajstić information content (AvgIpc) is 3.30. The lowest BCUT2D eigenvalue weighted by Gasteiger charge is -2.21. The van der Waals surface area contributed by atoms with Gasteiger partial charge in [0.25, 0.3) is 0 Å². The molecule has 178 valence electrons. The molecule has 4 aromatic rings. The van der Waals surface area contributed by atoms with Crippen LogP contribution in [-0.4, -0.2) is 36.9 Å². The number of halogens is 1. The van der Waals surface area contributed by atoms with Crippen LogP contribution in [0.5, 0.6) is 5.75 Å². The van der Waals surface area contributed by atoms with Crippen molar-refractivity contribution in [3.05, 3.63) is 94.6 Å². The van der Waals surface area contributed by atoms with Crippen LogP contribution in [0.2, 0.25) is 5.02 Å². The average molecular weight is 506 g/mol. The van der Waals surface area contributed by atoms with Gasteiger partial charge in [-0.05, 0) is 48.4 Å². The third-order valence-corrected chi connectivity index (χ3v) is 7.44. The van der Waals surface area contributed by atoms with Gasteiger partial charge in [-0.25, -0.2) is 8.42 Å². The van der Waals surface area contributed by atoms with Crippen LogP contribution < -0.4 is 4.74 Å². The van der Waals surface area contributed by atoms with E-state index in [0.717, 1.165) is 38.9 Å². The second-order valence-electron chi connectivity index (χ2n) is 8.55. The maximum absolute atomic E-state index is 12.8. The summed E-state index contributed by atoms with van der Waals surface area (Å²) in [5.41, 5.74) is 5.87. The molecule has 1 aromatic heterocycles. The molecule has 1 aliphatic rings. The molecule has 2 heterocycles. The molecule has 0 aliphatic carbocycles. The Morgan fingerprint density at radius 2 is 1.71 bits per heavy atom. The summed E-state index contributed by atoms with van der Waals surface area (Å²) in [5, 5.41) is 6.16. The molecular weight excluding hydrogens is 482 g/mol. The third-order valence-electron chi connectivity index (χ3n) is 6.19. The van der Waals surface area contributed by atoms with Crippen molar-refractivity contribution in [3.63, 3.8) is 0 Å². The molecule has 1 unspecified atom stereocenters. The largest absolute Gasteiger partial charge is 0.497 e. The van der Waals surface area contributed by atoms with Gasteiger partial charge in [-0.1, -0.05) is 54.1 Å². The Morgan fingerprint density at radius 1 is 1.00 bits per heavy atom. The number of rotatable bonds is 5. The van der Waals surface area contributed by atoms with Crippen LogP contribution in [0.3, 0.4) is 0 Å². The number of aryl methyl sites for hydroxylation is 1. The summed E-state index contributed by atoms with van der Waals surface area (Å²) in [4.78, 5) is 4.83. The van der Waals surface area contributed by atoms with E-state index in [1.54, 1.807) is 7.11 Å². The Morgan fingerprint density at radius 3 is 2.37 bits per heavy atom. The lowest BCUT2D eigenvalue weighted by atomic mass is 9.89. The Bertz CT molecular complexity index is 1550. The van der Waals surface area contributed by atoms with Gasteiger partial charge in [-0.3, -0.25) is 4.98 Å². The lowest BCUT2D eigenvalue weighted by Crippen LogP contribution is -2.25. The van der Waals surface area contributed by atoms with Crippen molar-refractivity contribution in [2.45, 2.75) is 19.4 Å². The third kappa shape index (κ3) is 4.37. The molecular formula is C27H24ClN3O3S. The summed E-state index contributed by atoms with van der Waals surface area (Å²) in [5.74, 6) is 0.705. The van der Waals surface area contributed by atoms with Gasteiger partial charge in [0.1, 0.15) is 5.75 Å². The van der Waals surface area contributed by atoms with Crippen molar-refractivity contribution >= 4 is 38.2 Å². The summed E-state index contributed by atoms with van der Waals surface area (Å²) in [6.07, 6.45) is 1.59. The van der Waals surface area contributed by atoms with E-state index in [-0.39, 0.29) is 0 Å². The topological polar surface area (TPSA) is 71.9 Å². The first-order valence-electron chi connectivity index (χ1n) is 11.1. The lowest BCUT2D eigenvalue weighted by molar-refractivity contribution is 0.374. The Kier molecular flexibility index (Phi) is 5.99. The molecule has 3 aromatic carbocycles. The molecule has 0 fully saturated rings. The van der Waals surface area contributed by atoms with Gasteiger partial charge in [0.05, 0.1) is 30.6 Å². The van der Waals surface area contributed by atoms with Crippen LogP contribution in [0.25, 0.3) is 22.0 Å². The molecule has 0 amide bonds. The number of aromatic nitrogens is 1. The normalized spacial score (nSPS) is 15.9. The fourth-order valence-electron chi connectivity index (χ4n) is 4.64. The molecule has 0 saturated carbocycles. The van der Waals surface area contributed by atoms with Crippen molar-refractivity contribution in [3.8, 4) is 16.9 Å². The first-order chi connectivity index (χ1) is 16.8. The first-order valence-corrected chi connectivity index (χ1v) is 13.4. The van der Waals surface area contributed by atoms with Gasteiger partial charge in [0.2, 0.25) is 10.0 Å². The van der Waals surface area contributed by atoms with Crippen LogP contribution in [0.4, 0.5) is 0 Å². The van der Waals surface area contributed by atoms with Gasteiger partial charge in [0, 0.05) is 33.7 Å². The van der Waals surface area contributed by atoms with E-state index in [1.165, 1.54) is 10.7 Å². The standard InChI is InChI=1S/C27H24ClN3O3S/c1-17-26(27(19-7-5-4-6-8-19)22-15-20(28)11-14-23(22)29-17)24-16-25(31(30-24)35(3,32)33)18-9-12-21(34-2)13-10-18/h4-15,25H,16H2,1-3H3. The minimum Gasteiger partial charge on any atom is -0.497 e. The molecule has 8 heteroatoms. The summed E-state index contributed by atoms with van der Waals surface area (Å²) < 4.78 is 32.0. The number of hydrogen-bond donors (Lipinski definition) is 0. The summed E-state index contributed by atoms with van der Waals surface area (Å²) in [6, 6.07) is 22.6. The molecule has 6 nitrogen and oxygen atoms in total. The Labute approximate surface area is 209 Å². The fraction of sp³-hybridized carbons (Fsp3) is 0.185. The van der Waals surface area contributed by atoms with E-state index in [1.807, 2.05) is 79.7 Å². The maximum atomic E-state index is 12.8. The second-order valence-corrected chi connectivity index (χ2v) is 10.8. The Hall–Kier alpha value is -3.42. The van der Waals surface area contributed by atoms with E-state index in [2.05, 4.69) is 5.10 Å². The van der Waals surface area contributed by atoms with Crippen molar-refractivity contribution in [1.29, 1.82) is 0 Å². The van der Waals surface area contributed by atoms with Crippen LogP contribution in [0.1, 0.15) is 29.3 Å². The zero-order chi connectivity index (χ0) is 24.7. The van der Waals surface area contributed by atoms with Gasteiger partial charge >= 0.3 is 0 Å². The molecule has 0 N–H and O–H groups in total. The van der Waals surface area contributed by atoms with Crippen LogP contribution in [0.15, 0.2) is 77.9 Å². The molecule has 1 atom stereocenters. The number of benzene rings is 3. The van der Waals surface area contributed by atoms with E-state index < -0.39 is 16.1 Å². The van der Waals surface area contributed by atoms with E-state index in [4.69, 9.17) is 21.3 Å². The molecule has 0 saturated heterocycles. The second kappa shape index (κ2) is 8.98. The number of hydrazone groups is 1. The molecule has 0 spiro atoms. The zero-order valence-corrected chi connectivity index (χ0v) is 21.1. The van der Waals surface area contributed by atoms with E-state index in [0.29, 0.717) is 22.9 Å². The first kappa shape index (κ1) is 23.3. The molecule has 35 heavy (non-hydrogen) atoms. The van der Waals surface area contributed by atoms with Crippen molar-refractivity contribution in [2.75, 3.05) is 13.4 Å². The number of fused-ring (bicyclic) bond motifs is 1. The smallest absolute Gasteiger partial charge is 0.247 e. The molecule has 0 bridgehead atoms. The summed E-state index contributed by atoms with van der Waals surface area (Å²) in [7, 11) is -2.02. The maximum Gasteiger partial charge on any atom is 0.247 e. The zero-order valence-electron chi connectivity index (χ0n) is 19.6. The highest BCUT2D eigenvalue weighted by atomic mass is 35.5. The highest BCUT2D eigenvalue weighted by Crippen LogP contribution is 2.40.